The van der Waals surface area contributed by atoms with Gasteiger partial charge in [-0.15, -0.1) is 5.10 Å². The van der Waals surface area contributed by atoms with Crippen molar-refractivity contribution in [3.8, 4) is 5.69 Å². The zero-order valence-electron chi connectivity index (χ0n) is 17.5. The van der Waals surface area contributed by atoms with E-state index in [1.807, 2.05) is 57.2 Å². The Labute approximate surface area is 176 Å². The SMILES string of the molecule is CC[C@@H](C)c1ccccc1NC(=O)[C@H](C)Sc1nnnn1-c1c(C)cccc1C. The number of aromatic nitrogens is 4. The summed E-state index contributed by atoms with van der Waals surface area (Å²) in [7, 11) is 0. The molecule has 0 saturated carbocycles. The van der Waals surface area contributed by atoms with Crippen LogP contribution < -0.4 is 5.32 Å². The fourth-order valence-electron chi connectivity index (χ4n) is 3.24. The van der Waals surface area contributed by atoms with E-state index in [0.717, 1.165) is 34.5 Å². The lowest BCUT2D eigenvalue weighted by molar-refractivity contribution is -0.115. The molecule has 2 aromatic carbocycles. The molecule has 1 heterocycles. The molecular weight excluding hydrogens is 382 g/mol. The minimum Gasteiger partial charge on any atom is -0.325 e. The van der Waals surface area contributed by atoms with Gasteiger partial charge in [-0.3, -0.25) is 4.79 Å². The van der Waals surface area contributed by atoms with Crippen molar-refractivity contribution in [2.45, 2.75) is 57.4 Å². The number of thioether (sulfide) groups is 1. The minimum absolute atomic E-state index is 0.0678. The maximum atomic E-state index is 12.9. The summed E-state index contributed by atoms with van der Waals surface area (Å²) in [5.74, 6) is 0.313. The van der Waals surface area contributed by atoms with E-state index in [1.54, 1.807) is 4.68 Å². The third kappa shape index (κ3) is 4.67. The van der Waals surface area contributed by atoms with Gasteiger partial charge in [0.05, 0.1) is 10.9 Å². The lowest BCUT2D eigenvalue weighted by Gasteiger charge is -2.18. The number of para-hydroxylation sites is 2. The topological polar surface area (TPSA) is 72.7 Å². The Kier molecular flexibility index (Phi) is 6.69. The third-order valence-corrected chi connectivity index (χ3v) is 6.14. The van der Waals surface area contributed by atoms with E-state index in [-0.39, 0.29) is 11.2 Å². The van der Waals surface area contributed by atoms with E-state index in [4.69, 9.17) is 0 Å². The van der Waals surface area contributed by atoms with Crippen LogP contribution in [-0.4, -0.2) is 31.4 Å². The lowest BCUT2D eigenvalue weighted by Crippen LogP contribution is -2.24. The fourth-order valence-corrected chi connectivity index (χ4v) is 4.03. The van der Waals surface area contributed by atoms with Crippen molar-refractivity contribution in [2.75, 3.05) is 5.32 Å². The molecule has 0 radical (unpaired) electrons. The summed E-state index contributed by atoms with van der Waals surface area (Å²) in [6, 6.07) is 14.0. The Morgan fingerprint density at radius 3 is 2.48 bits per heavy atom. The van der Waals surface area contributed by atoms with E-state index in [0.29, 0.717) is 11.1 Å². The van der Waals surface area contributed by atoms with Crippen LogP contribution in [0, 0.1) is 13.8 Å². The monoisotopic (exact) mass is 409 g/mol. The smallest absolute Gasteiger partial charge is 0.237 e. The molecule has 0 fully saturated rings. The molecule has 1 N–H and O–H groups in total. The highest BCUT2D eigenvalue weighted by atomic mass is 32.2. The molecule has 2 atom stereocenters. The molecule has 152 valence electrons. The van der Waals surface area contributed by atoms with Crippen LogP contribution in [0.15, 0.2) is 47.6 Å². The molecule has 0 aliphatic rings. The highest BCUT2D eigenvalue weighted by Crippen LogP contribution is 2.29. The molecule has 0 unspecified atom stereocenters. The number of nitrogens with one attached hydrogen (secondary N) is 1. The summed E-state index contributed by atoms with van der Waals surface area (Å²) in [5.41, 5.74) is 5.14. The predicted octanol–water partition coefficient (Wildman–Crippen LogP) is 4.91. The van der Waals surface area contributed by atoms with Crippen LogP contribution in [0.1, 0.15) is 49.8 Å². The minimum atomic E-state index is -0.353. The van der Waals surface area contributed by atoms with Crippen LogP contribution in [0.4, 0.5) is 5.69 Å². The summed E-state index contributed by atoms with van der Waals surface area (Å²) in [4.78, 5) is 12.9. The van der Waals surface area contributed by atoms with Crippen molar-refractivity contribution in [3.05, 3.63) is 59.2 Å². The van der Waals surface area contributed by atoms with Crippen molar-refractivity contribution in [1.82, 2.24) is 20.2 Å². The Hall–Kier alpha value is -2.67. The number of aryl methyl sites for hydroxylation is 2. The Morgan fingerprint density at radius 2 is 1.79 bits per heavy atom. The van der Waals surface area contributed by atoms with Gasteiger partial charge in [0.25, 0.3) is 0 Å². The fraction of sp³-hybridized carbons (Fsp3) is 0.364. The molecular formula is C22H27N5OS. The first-order valence-electron chi connectivity index (χ1n) is 9.83. The van der Waals surface area contributed by atoms with E-state index < -0.39 is 0 Å². The van der Waals surface area contributed by atoms with E-state index in [9.17, 15) is 4.79 Å². The van der Waals surface area contributed by atoms with Gasteiger partial charge in [-0.05, 0) is 66.3 Å². The number of carbonyl (C=O) groups is 1. The van der Waals surface area contributed by atoms with Crippen LogP contribution in [0.2, 0.25) is 0 Å². The quantitative estimate of drug-likeness (QED) is 0.561. The van der Waals surface area contributed by atoms with Crippen molar-refractivity contribution in [3.63, 3.8) is 0 Å². The van der Waals surface area contributed by atoms with E-state index in [2.05, 4.69) is 40.8 Å². The summed E-state index contributed by atoms with van der Waals surface area (Å²) in [6.45, 7) is 10.2. The van der Waals surface area contributed by atoms with Gasteiger partial charge in [0, 0.05) is 5.69 Å². The second kappa shape index (κ2) is 9.22. The van der Waals surface area contributed by atoms with Crippen LogP contribution in [0.3, 0.4) is 0 Å². The first kappa shape index (κ1) is 21.0. The molecule has 1 amide bonds. The molecule has 29 heavy (non-hydrogen) atoms. The molecule has 0 spiro atoms. The molecule has 6 nitrogen and oxygen atoms in total. The molecule has 3 aromatic rings. The third-order valence-electron chi connectivity index (χ3n) is 5.11. The zero-order valence-corrected chi connectivity index (χ0v) is 18.3. The highest BCUT2D eigenvalue weighted by Gasteiger charge is 2.21. The molecule has 0 bridgehead atoms. The van der Waals surface area contributed by atoms with Gasteiger partial charge in [-0.25, -0.2) is 0 Å². The normalized spacial score (nSPS) is 13.1. The van der Waals surface area contributed by atoms with E-state index >= 15 is 0 Å². The average Bonchev–Trinajstić information content (AvgIpc) is 3.15. The van der Waals surface area contributed by atoms with Gasteiger partial charge in [0.2, 0.25) is 11.1 Å². The van der Waals surface area contributed by atoms with Gasteiger partial charge in [0.1, 0.15) is 0 Å². The average molecular weight is 410 g/mol. The number of nitrogens with zero attached hydrogens (tertiary/aromatic N) is 4. The summed E-state index contributed by atoms with van der Waals surface area (Å²) < 4.78 is 1.71. The van der Waals surface area contributed by atoms with Crippen molar-refractivity contribution < 1.29 is 4.79 Å². The van der Waals surface area contributed by atoms with Crippen LogP contribution >= 0.6 is 11.8 Å². The predicted molar refractivity (Wildman–Crippen MR) is 118 cm³/mol. The number of amides is 1. The number of hydrogen-bond acceptors (Lipinski definition) is 5. The second-order valence-electron chi connectivity index (χ2n) is 7.26. The number of hydrogen-bond donors (Lipinski definition) is 1. The Bertz CT molecular complexity index is 980. The van der Waals surface area contributed by atoms with Gasteiger partial charge in [-0.2, -0.15) is 4.68 Å². The lowest BCUT2D eigenvalue weighted by atomic mass is 9.97. The van der Waals surface area contributed by atoms with Gasteiger partial charge in [0.15, 0.2) is 0 Å². The molecule has 0 saturated heterocycles. The van der Waals surface area contributed by atoms with Gasteiger partial charge in [-0.1, -0.05) is 62.0 Å². The Balaban J connectivity index is 1.78. The first-order valence-corrected chi connectivity index (χ1v) is 10.7. The van der Waals surface area contributed by atoms with Crippen molar-refractivity contribution in [1.29, 1.82) is 0 Å². The van der Waals surface area contributed by atoms with Crippen molar-refractivity contribution in [2.24, 2.45) is 0 Å². The number of rotatable bonds is 7. The first-order chi connectivity index (χ1) is 13.9. The maximum absolute atomic E-state index is 12.9. The van der Waals surface area contributed by atoms with E-state index in [1.165, 1.54) is 11.8 Å². The molecule has 3 rings (SSSR count). The zero-order chi connectivity index (χ0) is 21.0. The maximum Gasteiger partial charge on any atom is 0.237 e. The highest BCUT2D eigenvalue weighted by molar-refractivity contribution is 8.00. The molecule has 0 aliphatic carbocycles. The van der Waals surface area contributed by atoms with Crippen LogP contribution in [0.25, 0.3) is 5.69 Å². The number of tetrazole rings is 1. The number of anilines is 1. The van der Waals surface area contributed by atoms with Crippen molar-refractivity contribution >= 4 is 23.4 Å². The number of benzene rings is 2. The summed E-state index contributed by atoms with van der Waals surface area (Å²) in [6.07, 6.45) is 1.02. The van der Waals surface area contributed by atoms with Crippen LogP contribution in [0.5, 0.6) is 0 Å². The standard InChI is InChI=1S/C22H27N5OS/c1-6-14(2)18-12-7-8-13-19(18)23-21(28)17(5)29-22-24-25-26-27(22)20-15(3)10-9-11-16(20)4/h7-14,17H,6H2,1-5H3,(H,23,28)/t14-,17+/m1/s1. The molecule has 1 aromatic heterocycles. The Morgan fingerprint density at radius 1 is 1.10 bits per heavy atom. The summed E-state index contributed by atoms with van der Waals surface area (Å²) >= 11 is 1.35. The largest absolute Gasteiger partial charge is 0.325 e. The second-order valence-corrected chi connectivity index (χ2v) is 8.57. The van der Waals surface area contributed by atoms with Gasteiger partial charge >= 0.3 is 0 Å². The number of carbonyl (C=O) groups excluding carboxylic acids is 1. The molecule has 0 aliphatic heterocycles. The van der Waals surface area contributed by atoms with Gasteiger partial charge < -0.3 is 5.32 Å². The summed E-state index contributed by atoms with van der Waals surface area (Å²) in [5, 5.41) is 15.5. The van der Waals surface area contributed by atoms with Crippen LogP contribution in [-0.2, 0) is 4.79 Å². The molecule has 7 heteroatoms.